The highest BCUT2D eigenvalue weighted by atomic mass is 19.4. The van der Waals surface area contributed by atoms with Gasteiger partial charge < -0.3 is 10.6 Å². The number of para-hydroxylation sites is 1. The molecule has 22 heavy (non-hydrogen) atoms. The molecule has 120 valence electrons. The molecule has 1 heterocycles. The van der Waals surface area contributed by atoms with Crippen molar-refractivity contribution in [2.75, 3.05) is 18.4 Å². The Morgan fingerprint density at radius 3 is 2.59 bits per heavy atom. The molecule has 1 aliphatic heterocycles. The average Bonchev–Trinajstić information content (AvgIpc) is 3.19. The summed E-state index contributed by atoms with van der Waals surface area (Å²) in [5.74, 6) is 0. The van der Waals surface area contributed by atoms with E-state index in [1.165, 1.54) is 31.0 Å². The third kappa shape index (κ3) is 3.52. The Balaban J connectivity index is 1.58. The number of carbonyl (C=O) groups excluding carboxylic acids is 1. The van der Waals surface area contributed by atoms with Gasteiger partial charge in [0.1, 0.15) is 0 Å². The molecular weight excluding hydrogens is 295 g/mol. The molecule has 0 unspecified atom stereocenters. The fourth-order valence-electron chi connectivity index (χ4n) is 2.86. The van der Waals surface area contributed by atoms with Gasteiger partial charge in [-0.05, 0) is 31.4 Å². The van der Waals surface area contributed by atoms with Gasteiger partial charge >= 0.3 is 12.2 Å². The van der Waals surface area contributed by atoms with Gasteiger partial charge in [0.25, 0.3) is 0 Å². The van der Waals surface area contributed by atoms with E-state index in [2.05, 4.69) is 15.5 Å². The Labute approximate surface area is 126 Å². The molecule has 1 atom stereocenters. The lowest BCUT2D eigenvalue weighted by Crippen LogP contribution is -2.40. The summed E-state index contributed by atoms with van der Waals surface area (Å²) in [6, 6.07) is 5.04. The number of halogens is 3. The lowest BCUT2D eigenvalue weighted by atomic mass is 10.1. The third-order valence-electron chi connectivity index (χ3n) is 4.10. The molecule has 4 nitrogen and oxygen atoms in total. The molecule has 3 rings (SSSR count). The molecular formula is C15H18F3N3O. The molecule has 0 spiro atoms. The van der Waals surface area contributed by atoms with Gasteiger partial charge in [-0.1, -0.05) is 12.1 Å². The quantitative estimate of drug-likeness (QED) is 0.901. The van der Waals surface area contributed by atoms with Crippen LogP contribution < -0.4 is 10.6 Å². The van der Waals surface area contributed by atoms with Gasteiger partial charge in [-0.3, -0.25) is 4.90 Å². The van der Waals surface area contributed by atoms with Crippen LogP contribution in [0.4, 0.5) is 23.7 Å². The summed E-state index contributed by atoms with van der Waals surface area (Å²) in [4.78, 5) is 14.3. The normalized spacial score (nSPS) is 22.6. The van der Waals surface area contributed by atoms with E-state index in [1.54, 1.807) is 0 Å². The van der Waals surface area contributed by atoms with Crippen LogP contribution in [0.15, 0.2) is 24.3 Å². The number of amides is 2. The second kappa shape index (κ2) is 5.79. The fraction of sp³-hybridized carbons (Fsp3) is 0.533. The summed E-state index contributed by atoms with van der Waals surface area (Å²) in [6.07, 6.45) is -1.24. The van der Waals surface area contributed by atoms with Crippen molar-refractivity contribution in [3.63, 3.8) is 0 Å². The highest BCUT2D eigenvalue weighted by molar-refractivity contribution is 5.90. The SMILES string of the molecule is O=C(Nc1ccccc1C(F)(F)F)N[C@H]1CCN(C2CC2)C1. The zero-order valence-corrected chi connectivity index (χ0v) is 12.0. The van der Waals surface area contributed by atoms with Crippen LogP contribution in [0, 0.1) is 0 Å². The minimum Gasteiger partial charge on any atom is -0.334 e. The van der Waals surface area contributed by atoms with E-state index >= 15 is 0 Å². The molecule has 7 heteroatoms. The first-order valence-electron chi connectivity index (χ1n) is 7.41. The van der Waals surface area contributed by atoms with Gasteiger partial charge in [0.15, 0.2) is 0 Å². The molecule has 1 saturated carbocycles. The molecule has 2 N–H and O–H groups in total. The minimum absolute atomic E-state index is 0.00125. The van der Waals surface area contributed by atoms with Crippen LogP contribution in [0.3, 0.4) is 0 Å². The van der Waals surface area contributed by atoms with Crippen LogP contribution >= 0.6 is 0 Å². The first kappa shape index (κ1) is 15.1. The van der Waals surface area contributed by atoms with Crippen LogP contribution in [0.1, 0.15) is 24.8 Å². The maximum atomic E-state index is 12.9. The van der Waals surface area contributed by atoms with Crippen molar-refractivity contribution in [3.05, 3.63) is 29.8 Å². The highest BCUT2D eigenvalue weighted by Gasteiger charge is 2.36. The third-order valence-corrected chi connectivity index (χ3v) is 4.10. The second-order valence-electron chi connectivity index (χ2n) is 5.85. The number of alkyl halides is 3. The number of rotatable bonds is 3. The molecule has 0 bridgehead atoms. The van der Waals surface area contributed by atoms with Crippen LogP contribution in [0.25, 0.3) is 0 Å². The Morgan fingerprint density at radius 1 is 1.18 bits per heavy atom. The molecule has 1 aliphatic carbocycles. The number of nitrogens with zero attached hydrogens (tertiary/aromatic N) is 1. The number of benzene rings is 1. The molecule has 1 saturated heterocycles. The molecule has 2 amide bonds. The Kier molecular flexibility index (Phi) is 3.99. The van der Waals surface area contributed by atoms with Gasteiger partial charge in [0.2, 0.25) is 0 Å². The number of nitrogens with one attached hydrogen (secondary N) is 2. The van der Waals surface area contributed by atoms with Crippen molar-refractivity contribution < 1.29 is 18.0 Å². The van der Waals surface area contributed by atoms with Gasteiger partial charge in [-0.15, -0.1) is 0 Å². The zero-order chi connectivity index (χ0) is 15.7. The summed E-state index contributed by atoms with van der Waals surface area (Å²) in [6.45, 7) is 1.72. The summed E-state index contributed by atoms with van der Waals surface area (Å²) < 4.78 is 38.6. The van der Waals surface area contributed by atoms with Crippen LogP contribution in [-0.2, 0) is 6.18 Å². The van der Waals surface area contributed by atoms with Crippen molar-refractivity contribution in [2.24, 2.45) is 0 Å². The lowest BCUT2D eigenvalue weighted by molar-refractivity contribution is -0.136. The van der Waals surface area contributed by atoms with Gasteiger partial charge in [-0.25, -0.2) is 4.79 Å². The van der Waals surface area contributed by atoms with E-state index in [9.17, 15) is 18.0 Å². The molecule has 1 aromatic rings. The highest BCUT2D eigenvalue weighted by Crippen LogP contribution is 2.34. The number of carbonyl (C=O) groups is 1. The molecule has 2 fully saturated rings. The molecule has 2 aliphatic rings. The van der Waals surface area contributed by atoms with E-state index in [0.717, 1.165) is 25.6 Å². The van der Waals surface area contributed by atoms with Crippen LogP contribution in [0.2, 0.25) is 0 Å². The zero-order valence-electron chi connectivity index (χ0n) is 12.0. The number of likely N-dealkylation sites (tertiary alicyclic amines) is 1. The first-order chi connectivity index (χ1) is 10.4. The summed E-state index contributed by atoms with van der Waals surface area (Å²) in [7, 11) is 0. The minimum atomic E-state index is -4.49. The van der Waals surface area contributed by atoms with E-state index in [1.807, 2.05) is 0 Å². The first-order valence-corrected chi connectivity index (χ1v) is 7.41. The average molecular weight is 313 g/mol. The van der Waals surface area contributed by atoms with E-state index in [0.29, 0.717) is 6.04 Å². The topological polar surface area (TPSA) is 44.4 Å². The predicted octanol–water partition coefficient (Wildman–Crippen LogP) is 3.06. The standard InChI is InChI=1S/C15H18F3N3O/c16-15(17,18)12-3-1-2-4-13(12)20-14(22)19-10-7-8-21(9-10)11-5-6-11/h1-4,10-11H,5-9H2,(H2,19,20,22)/t10-/m0/s1. The Morgan fingerprint density at radius 2 is 1.91 bits per heavy atom. The lowest BCUT2D eigenvalue weighted by Gasteiger charge is -2.17. The van der Waals surface area contributed by atoms with E-state index in [-0.39, 0.29) is 11.7 Å². The summed E-state index contributed by atoms with van der Waals surface area (Å²) in [5, 5.41) is 5.07. The van der Waals surface area contributed by atoms with E-state index < -0.39 is 17.8 Å². The molecule has 0 radical (unpaired) electrons. The molecule has 1 aromatic carbocycles. The maximum Gasteiger partial charge on any atom is 0.418 e. The van der Waals surface area contributed by atoms with Crippen LogP contribution in [-0.4, -0.2) is 36.1 Å². The van der Waals surface area contributed by atoms with Crippen molar-refractivity contribution in [1.82, 2.24) is 10.2 Å². The monoisotopic (exact) mass is 313 g/mol. The predicted molar refractivity (Wildman–Crippen MR) is 76.6 cm³/mol. The molecule has 0 aromatic heterocycles. The Hall–Kier alpha value is -1.76. The fourth-order valence-corrected chi connectivity index (χ4v) is 2.86. The number of hydrogen-bond donors (Lipinski definition) is 2. The van der Waals surface area contributed by atoms with Crippen molar-refractivity contribution in [1.29, 1.82) is 0 Å². The van der Waals surface area contributed by atoms with Crippen molar-refractivity contribution in [3.8, 4) is 0 Å². The van der Waals surface area contributed by atoms with Gasteiger partial charge in [0.05, 0.1) is 11.3 Å². The van der Waals surface area contributed by atoms with Crippen LogP contribution in [0.5, 0.6) is 0 Å². The van der Waals surface area contributed by atoms with E-state index in [4.69, 9.17) is 0 Å². The largest absolute Gasteiger partial charge is 0.418 e. The van der Waals surface area contributed by atoms with Gasteiger partial charge in [-0.2, -0.15) is 13.2 Å². The smallest absolute Gasteiger partial charge is 0.334 e. The summed E-state index contributed by atoms with van der Waals surface area (Å²) in [5.41, 5.74) is -1.05. The van der Waals surface area contributed by atoms with Crippen molar-refractivity contribution in [2.45, 2.75) is 37.5 Å². The van der Waals surface area contributed by atoms with Gasteiger partial charge in [0, 0.05) is 25.2 Å². The Bertz CT molecular complexity index is 557. The number of anilines is 1. The number of hydrogen-bond acceptors (Lipinski definition) is 2. The second-order valence-corrected chi connectivity index (χ2v) is 5.85. The maximum absolute atomic E-state index is 12.9. The number of urea groups is 1. The summed E-state index contributed by atoms with van der Waals surface area (Å²) >= 11 is 0. The van der Waals surface area contributed by atoms with Crippen molar-refractivity contribution >= 4 is 11.7 Å².